The summed E-state index contributed by atoms with van der Waals surface area (Å²) in [5, 5.41) is 9.52. The van der Waals surface area contributed by atoms with Gasteiger partial charge in [-0.1, -0.05) is 20.3 Å². The number of fused-ring (bicyclic) bond motifs is 1. The lowest BCUT2D eigenvalue weighted by atomic mass is 10.1. The van der Waals surface area contributed by atoms with Gasteiger partial charge in [0.2, 0.25) is 0 Å². The SMILES string of the molecule is CCC(C)Cn1cnc2sc(C(=O)O)c(C)c2c1=O. The van der Waals surface area contributed by atoms with Gasteiger partial charge in [0.05, 0.1) is 11.7 Å². The van der Waals surface area contributed by atoms with Crippen LogP contribution in [0, 0.1) is 12.8 Å². The van der Waals surface area contributed by atoms with Crippen molar-refractivity contribution in [2.75, 3.05) is 0 Å². The molecule has 0 aliphatic carbocycles. The molecule has 0 amide bonds. The third-order valence-corrected chi connectivity index (χ3v) is 4.50. The number of rotatable bonds is 4. The maximum absolute atomic E-state index is 12.4. The van der Waals surface area contributed by atoms with Crippen LogP contribution in [0.3, 0.4) is 0 Å². The van der Waals surface area contributed by atoms with E-state index in [4.69, 9.17) is 5.11 Å². The molecule has 0 saturated carbocycles. The van der Waals surface area contributed by atoms with Crippen LogP contribution in [0.15, 0.2) is 11.1 Å². The number of thiophene rings is 1. The van der Waals surface area contributed by atoms with Crippen molar-refractivity contribution in [2.45, 2.75) is 33.7 Å². The number of nitrogens with zero attached hydrogens (tertiary/aromatic N) is 2. The number of hydrogen-bond acceptors (Lipinski definition) is 4. The molecule has 0 fully saturated rings. The minimum absolute atomic E-state index is 0.147. The molecule has 1 unspecified atom stereocenters. The van der Waals surface area contributed by atoms with Crippen LogP contribution < -0.4 is 5.56 Å². The molecule has 102 valence electrons. The van der Waals surface area contributed by atoms with Gasteiger partial charge < -0.3 is 5.11 Å². The van der Waals surface area contributed by atoms with Crippen molar-refractivity contribution in [2.24, 2.45) is 5.92 Å². The van der Waals surface area contributed by atoms with Gasteiger partial charge in [0.25, 0.3) is 5.56 Å². The minimum atomic E-state index is -1.01. The molecule has 1 N–H and O–H groups in total. The second-order valence-corrected chi connectivity index (χ2v) is 5.76. The van der Waals surface area contributed by atoms with E-state index in [2.05, 4.69) is 18.8 Å². The zero-order valence-corrected chi connectivity index (χ0v) is 12.0. The zero-order valence-electron chi connectivity index (χ0n) is 11.1. The smallest absolute Gasteiger partial charge is 0.346 e. The molecular formula is C13H16N2O3S. The largest absolute Gasteiger partial charge is 0.477 e. The quantitative estimate of drug-likeness (QED) is 0.934. The van der Waals surface area contributed by atoms with Crippen molar-refractivity contribution in [3.63, 3.8) is 0 Å². The molecule has 0 radical (unpaired) electrons. The number of carboxylic acid groups (broad SMARTS) is 1. The van der Waals surface area contributed by atoms with E-state index < -0.39 is 5.97 Å². The molecule has 2 rings (SSSR count). The van der Waals surface area contributed by atoms with Gasteiger partial charge in [0.1, 0.15) is 9.71 Å². The highest BCUT2D eigenvalue weighted by atomic mass is 32.1. The highest BCUT2D eigenvalue weighted by molar-refractivity contribution is 7.20. The number of aromatic carboxylic acids is 1. The number of hydrogen-bond donors (Lipinski definition) is 1. The van der Waals surface area contributed by atoms with E-state index in [0.29, 0.717) is 28.2 Å². The molecule has 0 aromatic carbocycles. The van der Waals surface area contributed by atoms with Crippen molar-refractivity contribution in [1.29, 1.82) is 0 Å². The summed E-state index contributed by atoms with van der Waals surface area (Å²) in [6, 6.07) is 0. The molecule has 0 aliphatic rings. The van der Waals surface area contributed by atoms with Gasteiger partial charge in [0, 0.05) is 6.54 Å². The van der Waals surface area contributed by atoms with E-state index in [9.17, 15) is 9.59 Å². The minimum Gasteiger partial charge on any atom is -0.477 e. The third-order valence-electron chi connectivity index (χ3n) is 3.32. The van der Waals surface area contributed by atoms with Crippen molar-refractivity contribution in [3.05, 3.63) is 27.1 Å². The average molecular weight is 280 g/mol. The molecular weight excluding hydrogens is 264 g/mol. The molecule has 1 atom stereocenters. The molecule has 2 aromatic heterocycles. The van der Waals surface area contributed by atoms with E-state index in [-0.39, 0.29) is 10.4 Å². The summed E-state index contributed by atoms with van der Waals surface area (Å²) < 4.78 is 1.57. The van der Waals surface area contributed by atoms with E-state index in [1.807, 2.05) is 0 Å². The maximum Gasteiger partial charge on any atom is 0.346 e. The standard InChI is InChI=1S/C13H16N2O3S/c1-4-7(2)5-15-6-14-11-9(12(15)16)8(3)10(19-11)13(17)18/h6-7H,4-5H2,1-3H3,(H,17,18). The van der Waals surface area contributed by atoms with Gasteiger partial charge in [-0.05, 0) is 18.4 Å². The maximum atomic E-state index is 12.4. The monoisotopic (exact) mass is 280 g/mol. The van der Waals surface area contributed by atoms with Crippen molar-refractivity contribution >= 4 is 27.5 Å². The average Bonchev–Trinajstić information content (AvgIpc) is 2.71. The summed E-state index contributed by atoms with van der Waals surface area (Å²) in [7, 11) is 0. The van der Waals surface area contributed by atoms with Crippen molar-refractivity contribution < 1.29 is 9.90 Å². The highest BCUT2D eigenvalue weighted by Gasteiger charge is 2.18. The highest BCUT2D eigenvalue weighted by Crippen LogP contribution is 2.26. The number of aromatic nitrogens is 2. The van der Waals surface area contributed by atoms with Crippen molar-refractivity contribution in [3.8, 4) is 0 Å². The molecule has 6 heteroatoms. The number of carbonyl (C=O) groups is 1. The molecule has 0 aliphatic heterocycles. The Labute approximate surface area is 114 Å². The van der Waals surface area contributed by atoms with Crippen LogP contribution in [0.1, 0.15) is 35.5 Å². The Balaban J connectivity index is 2.61. The van der Waals surface area contributed by atoms with Gasteiger partial charge in [-0.2, -0.15) is 0 Å². The summed E-state index contributed by atoms with van der Waals surface area (Å²) in [5.74, 6) is -0.622. The van der Waals surface area contributed by atoms with Crippen LogP contribution in [0.2, 0.25) is 0 Å². The van der Waals surface area contributed by atoms with E-state index >= 15 is 0 Å². The lowest BCUT2D eigenvalue weighted by Crippen LogP contribution is -2.23. The normalized spacial score (nSPS) is 12.8. The predicted octanol–water partition coefficient (Wildman–Crippen LogP) is 2.51. The Kier molecular flexibility index (Phi) is 3.71. The van der Waals surface area contributed by atoms with E-state index in [0.717, 1.165) is 17.8 Å². The van der Waals surface area contributed by atoms with Crippen LogP contribution in [-0.4, -0.2) is 20.6 Å². The number of aryl methyl sites for hydroxylation is 1. The fourth-order valence-corrected chi connectivity index (χ4v) is 2.94. The molecule has 0 spiro atoms. The first-order chi connectivity index (χ1) is 8.95. The fourth-order valence-electron chi connectivity index (χ4n) is 1.96. The summed E-state index contributed by atoms with van der Waals surface area (Å²) in [4.78, 5) is 28.4. The topological polar surface area (TPSA) is 72.2 Å². The first-order valence-electron chi connectivity index (χ1n) is 6.17. The third kappa shape index (κ3) is 2.40. The van der Waals surface area contributed by atoms with Crippen LogP contribution in [0.25, 0.3) is 10.2 Å². The van der Waals surface area contributed by atoms with Crippen LogP contribution in [0.4, 0.5) is 0 Å². The zero-order chi connectivity index (χ0) is 14.2. The second-order valence-electron chi connectivity index (χ2n) is 4.76. The molecule has 0 bridgehead atoms. The Bertz CT molecular complexity index is 687. The van der Waals surface area contributed by atoms with Gasteiger partial charge >= 0.3 is 5.97 Å². The van der Waals surface area contributed by atoms with E-state index in [1.165, 1.54) is 6.33 Å². The summed E-state index contributed by atoms with van der Waals surface area (Å²) in [6.07, 6.45) is 2.49. The van der Waals surface area contributed by atoms with Crippen LogP contribution in [0.5, 0.6) is 0 Å². The van der Waals surface area contributed by atoms with Gasteiger partial charge in [-0.15, -0.1) is 11.3 Å². The van der Waals surface area contributed by atoms with Gasteiger partial charge in [-0.25, -0.2) is 9.78 Å². The summed E-state index contributed by atoms with van der Waals surface area (Å²) >= 11 is 1.06. The Morgan fingerprint density at radius 1 is 1.58 bits per heavy atom. The second kappa shape index (κ2) is 5.13. The lowest BCUT2D eigenvalue weighted by molar-refractivity contribution is 0.0701. The summed E-state index contributed by atoms with van der Waals surface area (Å²) in [6.45, 7) is 6.41. The summed E-state index contributed by atoms with van der Waals surface area (Å²) in [5.41, 5.74) is 0.370. The molecule has 2 aromatic rings. The predicted molar refractivity (Wildman–Crippen MR) is 75.0 cm³/mol. The van der Waals surface area contributed by atoms with Crippen molar-refractivity contribution in [1.82, 2.24) is 9.55 Å². The first kappa shape index (κ1) is 13.7. The Hall–Kier alpha value is -1.69. The van der Waals surface area contributed by atoms with Gasteiger partial charge in [0.15, 0.2) is 0 Å². The van der Waals surface area contributed by atoms with E-state index in [1.54, 1.807) is 11.5 Å². The Morgan fingerprint density at radius 3 is 2.84 bits per heavy atom. The first-order valence-corrected chi connectivity index (χ1v) is 6.99. The molecule has 19 heavy (non-hydrogen) atoms. The van der Waals surface area contributed by atoms with Gasteiger partial charge in [-0.3, -0.25) is 9.36 Å². The lowest BCUT2D eigenvalue weighted by Gasteiger charge is -2.10. The molecule has 0 saturated heterocycles. The fraction of sp³-hybridized carbons (Fsp3) is 0.462. The number of carboxylic acids is 1. The molecule has 5 nitrogen and oxygen atoms in total. The van der Waals surface area contributed by atoms with Crippen LogP contribution in [-0.2, 0) is 6.54 Å². The van der Waals surface area contributed by atoms with Crippen LogP contribution >= 0.6 is 11.3 Å². The molecule has 2 heterocycles. The Morgan fingerprint density at radius 2 is 2.26 bits per heavy atom.